The molecule has 0 aliphatic heterocycles. The van der Waals surface area contributed by atoms with E-state index in [1.807, 2.05) is 14.1 Å². The van der Waals surface area contributed by atoms with Gasteiger partial charge in [0.1, 0.15) is 0 Å². The summed E-state index contributed by atoms with van der Waals surface area (Å²) in [5.74, 6) is 0.664. The summed E-state index contributed by atoms with van der Waals surface area (Å²) in [5, 5.41) is 0. The molecule has 1 fully saturated rings. The van der Waals surface area contributed by atoms with Crippen molar-refractivity contribution in [2.45, 2.75) is 45.4 Å². The quantitative estimate of drug-likeness (QED) is 0.509. The predicted molar refractivity (Wildman–Crippen MR) is 68.5 cm³/mol. The number of rotatable bonds is 6. The van der Waals surface area contributed by atoms with Gasteiger partial charge in [-0.2, -0.15) is 0 Å². The van der Waals surface area contributed by atoms with E-state index < -0.39 is 0 Å². The summed E-state index contributed by atoms with van der Waals surface area (Å²) in [6.45, 7) is 3.12. The van der Waals surface area contributed by atoms with E-state index in [0.29, 0.717) is 5.78 Å². The van der Waals surface area contributed by atoms with Gasteiger partial charge in [-0.05, 0) is 45.4 Å². The summed E-state index contributed by atoms with van der Waals surface area (Å²) < 4.78 is 0. The normalized spacial score (nSPS) is 23.6. The molecule has 92 valence electrons. The Balaban J connectivity index is 2.38. The summed E-state index contributed by atoms with van der Waals surface area (Å²) in [7, 11) is 4.08. The van der Waals surface area contributed by atoms with Gasteiger partial charge < -0.3 is 4.90 Å². The maximum atomic E-state index is 12.0. The van der Waals surface area contributed by atoms with Crippen molar-refractivity contribution in [3.8, 4) is 0 Å². The first kappa shape index (κ1) is 13.4. The van der Waals surface area contributed by atoms with Crippen molar-refractivity contribution in [3.05, 3.63) is 11.6 Å². The van der Waals surface area contributed by atoms with Crippen molar-refractivity contribution in [3.63, 3.8) is 0 Å². The standard InChI is InChI=1S/C14H25NO/c1-4-5-6-7-8-12-9-10-13(14(12)16)11-15(2)3/h8,13H,4-7,9-11H2,1-3H3/b12-8-. The molecule has 1 aliphatic carbocycles. The lowest BCUT2D eigenvalue weighted by atomic mass is 10.1. The predicted octanol–water partition coefficient (Wildman–Crippen LogP) is 3.03. The van der Waals surface area contributed by atoms with Gasteiger partial charge in [-0.15, -0.1) is 0 Å². The Morgan fingerprint density at radius 3 is 2.75 bits per heavy atom. The van der Waals surface area contributed by atoms with Crippen molar-refractivity contribution >= 4 is 5.78 Å². The Hall–Kier alpha value is -0.630. The molecule has 0 aromatic heterocycles. The van der Waals surface area contributed by atoms with E-state index in [4.69, 9.17) is 0 Å². The Kier molecular flexibility index (Phi) is 5.75. The molecule has 0 aromatic carbocycles. The fourth-order valence-electron chi connectivity index (χ4n) is 2.33. The highest BCUT2D eigenvalue weighted by molar-refractivity contribution is 5.99. The molecule has 0 amide bonds. The molecule has 2 nitrogen and oxygen atoms in total. The molecular weight excluding hydrogens is 198 g/mol. The SMILES string of the molecule is CCCCC/C=C1/CCC(CN(C)C)C1=O. The second-order valence-corrected chi connectivity index (χ2v) is 5.09. The van der Waals surface area contributed by atoms with Crippen LogP contribution in [-0.2, 0) is 4.79 Å². The first-order valence-corrected chi connectivity index (χ1v) is 6.53. The molecule has 0 saturated heterocycles. The third kappa shape index (κ3) is 4.09. The first-order chi connectivity index (χ1) is 7.65. The van der Waals surface area contributed by atoms with Crippen LogP contribution in [0.25, 0.3) is 0 Å². The number of ketones is 1. The molecular formula is C14H25NO. The van der Waals surface area contributed by atoms with Gasteiger partial charge in [0.25, 0.3) is 0 Å². The van der Waals surface area contributed by atoms with Crippen LogP contribution in [-0.4, -0.2) is 31.3 Å². The fourth-order valence-corrected chi connectivity index (χ4v) is 2.33. The van der Waals surface area contributed by atoms with Gasteiger partial charge >= 0.3 is 0 Å². The van der Waals surface area contributed by atoms with Crippen LogP contribution in [0.15, 0.2) is 11.6 Å². The Bertz CT molecular complexity index is 255. The highest BCUT2D eigenvalue weighted by atomic mass is 16.1. The minimum Gasteiger partial charge on any atom is -0.309 e. The molecule has 1 saturated carbocycles. The van der Waals surface area contributed by atoms with E-state index in [9.17, 15) is 4.79 Å². The Morgan fingerprint density at radius 1 is 1.38 bits per heavy atom. The maximum absolute atomic E-state index is 12.0. The number of Topliss-reactive ketones (excluding diaryl/α,β-unsaturated/α-hetero) is 1. The average Bonchev–Trinajstić information content (AvgIpc) is 2.56. The number of nitrogens with zero attached hydrogens (tertiary/aromatic N) is 1. The van der Waals surface area contributed by atoms with Gasteiger partial charge in [-0.3, -0.25) is 4.79 Å². The second kappa shape index (κ2) is 6.85. The van der Waals surface area contributed by atoms with Gasteiger partial charge in [0, 0.05) is 12.5 Å². The summed E-state index contributed by atoms with van der Waals surface area (Å²) >= 11 is 0. The van der Waals surface area contributed by atoms with E-state index in [0.717, 1.165) is 31.4 Å². The van der Waals surface area contributed by atoms with Gasteiger partial charge in [-0.25, -0.2) is 0 Å². The van der Waals surface area contributed by atoms with Gasteiger partial charge in [-0.1, -0.05) is 25.8 Å². The fraction of sp³-hybridized carbons (Fsp3) is 0.786. The molecule has 2 heteroatoms. The van der Waals surface area contributed by atoms with Crippen molar-refractivity contribution in [1.82, 2.24) is 4.90 Å². The summed E-state index contributed by atoms with van der Waals surface area (Å²) in [4.78, 5) is 14.1. The number of hydrogen-bond donors (Lipinski definition) is 0. The monoisotopic (exact) mass is 223 g/mol. The summed E-state index contributed by atoms with van der Waals surface area (Å²) in [6, 6.07) is 0. The second-order valence-electron chi connectivity index (χ2n) is 5.09. The molecule has 1 atom stereocenters. The maximum Gasteiger partial charge on any atom is 0.162 e. The van der Waals surface area contributed by atoms with E-state index >= 15 is 0 Å². The van der Waals surface area contributed by atoms with E-state index in [1.165, 1.54) is 19.3 Å². The topological polar surface area (TPSA) is 20.3 Å². The highest BCUT2D eigenvalue weighted by Crippen LogP contribution is 2.27. The smallest absolute Gasteiger partial charge is 0.162 e. The first-order valence-electron chi connectivity index (χ1n) is 6.53. The zero-order valence-corrected chi connectivity index (χ0v) is 11.0. The number of carbonyl (C=O) groups excluding carboxylic acids is 1. The minimum atomic E-state index is 0.257. The van der Waals surface area contributed by atoms with Crippen LogP contribution in [0.3, 0.4) is 0 Å². The van der Waals surface area contributed by atoms with E-state index in [2.05, 4.69) is 17.9 Å². The van der Waals surface area contributed by atoms with Crippen LogP contribution in [0.1, 0.15) is 45.4 Å². The van der Waals surface area contributed by atoms with Gasteiger partial charge in [0.05, 0.1) is 0 Å². The zero-order valence-electron chi connectivity index (χ0n) is 11.0. The lowest BCUT2D eigenvalue weighted by Gasteiger charge is -2.13. The van der Waals surface area contributed by atoms with Crippen molar-refractivity contribution in [2.24, 2.45) is 5.92 Å². The zero-order chi connectivity index (χ0) is 12.0. The lowest BCUT2D eigenvalue weighted by molar-refractivity contribution is -0.118. The minimum absolute atomic E-state index is 0.257. The number of hydrogen-bond acceptors (Lipinski definition) is 2. The van der Waals surface area contributed by atoms with Gasteiger partial charge in [0.2, 0.25) is 0 Å². The van der Waals surface area contributed by atoms with Crippen molar-refractivity contribution < 1.29 is 4.79 Å². The number of unbranched alkanes of at least 4 members (excludes halogenated alkanes) is 3. The number of carbonyl (C=O) groups is 1. The molecule has 1 aliphatic rings. The Labute approximate surface area is 99.7 Å². The molecule has 0 heterocycles. The Morgan fingerprint density at radius 2 is 2.12 bits per heavy atom. The number of allylic oxidation sites excluding steroid dienone is 2. The van der Waals surface area contributed by atoms with Crippen LogP contribution in [0.5, 0.6) is 0 Å². The summed E-state index contributed by atoms with van der Waals surface area (Å²) in [5.41, 5.74) is 1.10. The molecule has 0 spiro atoms. The van der Waals surface area contributed by atoms with Crippen molar-refractivity contribution in [1.29, 1.82) is 0 Å². The van der Waals surface area contributed by atoms with Crippen LogP contribution in [0, 0.1) is 5.92 Å². The largest absolute Gasteiger partial charge is 0.309 e. The molecule has 1 unspecified atom stereocenters. The van der Waals surface area contributed by atoms with Crippen molar-refractivity contribution in [2.75, 3.05) is 20.6 Å². The van der Waals surface area contributed by atoms with Gasteiger partial charge in [0.15, 0.2) is 5.78 Å². The van der Waals surface area contributed by atoms with E-state index in [1.54, 1.807) is 0 Å². The molecule has 0 bridgehead atoms. The van der Waals surface area contributed by atoms with Crippen LogP contribution in [0.4, 0.5) is 0 Å². The third-order valence-electron chi connectivity index (χ3n) is 3.23. The average molecular weight is 223 g/mol. The highest BCUT2D eigenvalue weighted by Gasteiger charge is 2.28. The molecule has 16 heavy (non-hydrogen) atoms. The van der Waals surface area contributed by atoms with Crippen LogP contribution < -0.4 is 0 Å². The molecule has 0 radical (unpaired) electrons. The molecule has 0 aromatic rings. The third-order valence-corrected chi connectivity index (χ3v) is 3.23. The van der Waals surface area contributed by atoms with E-state index in [-0.39, 0.29) is 5.92 Å². The van der Waals surface area contributed by atoms with Crippen LogP contribution >= 0.6 is 0 Å². The summed E-state index contributed by atoms with van der Waals surface area (Å²) in [6.07, 6.45) is 9.09. The lowest BCUT2D eigenvalue weighted by Crippen LogP contribution is -2.24. The molecule has 0 N–H and O–H groups in total. The van der Waals surface area contributed by atoms with Crippen LogP contribution in [0.2, 0.25) is 0 Å². The molecule has 1 rings (SSSR count).